The fraction of sp³-hybridized carbons (Fsp3) is 0.318. The topological polar surface area (TPSA) is 49.9 Å². The number of carbonyl (C=O) groups is 1. The van der Waals surface area contributed by atoms with Crippen LogP contribution in [0.5, 0.6) is 0 Å². The van der Waals surface area contributed by atoms with Crippen molar-refractivity contribution >= 4 is 34.2 Å². The molecule has 0 aliphatic carbocycles. The lowest BCUT2D eigenvalue weighted by Crippen LogP contribution is -3.15. The van der Waals surface area contributed by atoms with Crippen LogP contribution in [0.1, 0.15) is 18.7 Å². The summed E-state index contributed by atoms with van der Waals surface area (Å²) in [7, 11) is 0. The second-order valence-electron chi connectivity index (χ2n) is 7.37. The molecule has 1 aromatic heterocycles. The van der Waals surface area contributed by atoms with Gasteiger partial charge < -0.3 is 19.5 Å². The minimum atomic E-state index is -0.146. The quantitative estimate of drug-likeness (QED) is 0.694. The van der Waals surface area contributed by atoms with Crippen LogP contribution >= 0.6 is 11.6 Å². The summed E-state index contributed by atoms with van der Waals surface area (Å²) in [5, 5.41) is 4.88. The Labute approximate surface area is 169 Å². The number of rotatable bonds is 5. The standard InChI is InChI=1S/C22H24ClN3O2/c1-16(21-13-17-5-2-3-8-20(17)28-21)24-22(27)15-25-9-11-26(12-10-25)19-7-4-6-18(23)14-19/h2-8,13-14,16H,9-12,15H2,1H3,(H,24,27)/p+1/t16-/m1/s1. The summed E-state index contributed by atoms with van der Waals surface area (Å²) in [4.78, 5) is 16.1. The molecule has 146 valence electrons. The van der Waals surface area contributed by atoms with Crippen molar-refractivity contribution < 1.29 is 14.1 Å². The number of benzene rings is 2. The molecule has 1 atom stereocenters. The lowest BCUT2D eigenvalue weighted by molar-refractivity contribution is -0.892. The first kappa shape index (κ1) is 18.8. The van der Waals surface area contributed by atoms with E-state index in [9.17, 15) is 4.79 Å². The van der Waals surface area contributed by atoms with Crippen LogP contribution in [0.3, 0.4) is 0 Å². The van der Waals surface area contributed by atoms with Crippen LogP contribution < -0.4 is 15.1 Å². The molecule has 28 heavy (non-hydrogen) atoms. The first-order chi connectivity index (χ1) is 13.6. The number of nitrogens with zero attached hydrogens (tertiary/aromatic N) is 1. The Bertz CT molecular complexity index is 930. The van der Waals surface area contributed by atoms with Gasteiger partial charge >= 0.3 is 0 Å². The molecular formula is C22H25ClN3O2+. The Morgan fingerprint density at radius 3 is 2.71 bits per heavy atom. The number of hydrogen-bond donors (Lipinski definition) is 2. The van der Waals surface area contributed by atoms with Crippen LogP contribution in [0.4, 0.5) is 5.69 Å². The second kappa shape index (κ2) is 8.25. The molecule has 5 nitrogen and oxygen atoms in total. The molecule has 0 saturated carbocycles. The molecule has 0 radical (unpaired) electrons. The molecular weight excluding hydrogens is 374 g/mol. The van der Waals surface area contributed by atoms with Crippen molar-refractivity contribution in [2.75, 3.05) is 37.6 Å². The summed E-state index contributed by atoms with van der Waals surface area (Å²) in [6, 6.07) is 17.7. The van der Waals surface area contributed by atoms with Crippen LogP contribution in [0, 0.1) is 0 Å². The largest absolute Gasteiger partial charge is 0.459 e. The first-order valence-electron chi connectivity index (χ1n) is 9.70. The molecule has 1 amide bonds. The third-order valence-electron chi connectivity index (χ3n) is 5.30. The number of nitrogens with one attached hydrogen (secondary N) is 2. The maximum atomic E-state index is 12.5. The van der Waals surface area contributed by atoms with Gasteiger partial charge in [-0.15, -0.1) is 0 Å². The smallest absolute Gasteiger partial charge is 0.275 e. The maximum Gasteiger partial charge on any atom is 0.275 e. The summed E-state index contributed by atoms with van der Waals surface area (Å²) in [6.45, 7) is 6.14. The van der Waals surface area contributed by atoms with E-state index >= 15 is 0 Å². The summed E-state index contributed by atoms with van der Waals surface area (Å²) in [5.74, 6) is 0.842. The van der Waals surface area contributed by atoms with E-state index in [4.69, 9.17) is 16.0 Å². The predicted octanol–water partition coefficient (Wildman–Crippen LogP) is 2.67. The van der Waals surface area contributed by atoms with Gasteiger partial charge in [-0.3, -0.25) is 4.79 Å². The van der Waals surface area contributed by atoms with E-state index in [-0.39, 0.29) is 11.9 Å². The van der Waals surface area contributed by atoms with Crippen molar-refractivity contribution in [2.45, 2.75) is 13.0 Å². The van der Waals surface area contributed by atoms with Gasteiger partial charge in [0.15, 0.2) is 6.54 Å². The predicted molar refractivity (Wildman–Crippen MR) is 112 cm³/mol. The first-order valence-corrected chi connectivity index (χ1v) is 10.1. The Balaban J connectivity index is 1.28. The van der Waals surface area contributed by atoms with Crippen LogP contribution in [0.15, 0.2) is 59.0 Å². The van der Waals surface area contributed by atoms with Gasteiger partial charge in [-0.05, 0) is 37.3 Å². The third-order valence-corrected chi connectivity index (χ3v) is 5.54. The van der Waals surface area contributed by atoms with Crippen molar-refractivity contribution in [3.05, 3.63) is 65.4 Å². The van der Waals surface area contributed by atoms with Gasteiger partial charge in [0.2, 0.25) is 0 Å². The highest BCUT2D eigenvalue weighted by Crippen LogP contribution is 2.23. The number of amides is 1. The number of fused-ring (bicyclic) bond motifs is 1. The van der Waals surface area contributed by atoms with Gasteiger partial charge in [-0.1, -0.05) is 35.9 Å². The zero-order valence-electron chi connectivity index (χ0n) is 16.0. The number of para-hydroxylation sites is 1. The van der Waals surface area contributed by atoms with Crippen molar-refractivity contribution in [3.8, 4) is 0 Å². The van der Waals surface area contributed by atoms with E-state index in [1.54, 1.807) is 0 Å². The molecule has 1 fully saturated rings. The molecule has 4 rings (SSSR count). The van der Waals surface area contributed by atoms with E-state index in [1.807, 2.05) is 55.5 Å². The number of hydrogen-bond acceptors (Lipinski definition) is 3. The van der Waals surface area contributed by atoms with E-state index < -0.39 is 0 Å². The zero-order chi connectivity index (χ0) is 19.5. The molecule has 1 aliphatic heterocycles. The third kappa shape index (κ3) is 4.32. The van der Waals surface area contributed by atoms with E-state index in [2.05, 4.69) is 16.3 Å². The minimum absolute atomic E-state index is 0.0548. The summed E-state index contributed by atoms with van der Waals surface area (Å²) >= 11 is 6.09. The Morgan fingerprint density at radius 2 is 1.96 bits per heavy atom. The Hall–Kier alpha value is -2.50. The lowest BCUT2D eigenvalue weighted by atomic mass is 10.2. The SMILES string of the molecule is C[C@@H](NC(=O)C[NH+]1CCN(c2cccc(Cl)c2)CC1)c1cc2ccccc2o1. The van der Waals surface area contributed by atoms with Gasteiger partial charge in [0.1, 0.15) is 11.3 Å². The zero-order valence-corrected chi connectivity index (χ0v) is 16.7. The van der Waals surface area contributed by atoms with Crippen LogP contribution in [0.2, 0.25) is 5.02 Å². The van der Waals surface area contributed by atoms with Gasteiger partial charge in [0.05, 0.1) is 32.2 Å². The average molecular weight is 399 g/mol. The monoisotopic (exact) mass is 398 g/mol. The van der Waals surface area contributed by atoms with E-state index in [0.717, 1.165) is 53.6 Å². The molecule has 2 heterocycles. The van der Waals surface area contributed by atoms with Gasteiger partial charge in [-0.2, -0.15) is 0 Å². The second-order valence-corrected chi connectivity index (χ2v) is 7.81. The molecule has 2 N–H and O–H groups in total. The number of anilines is 1. The fourth-order valence-electron chi connectivity index (χ4n) is 3.74. The summed E-state index contributed by atoms with van der Waals surface area (Å²) in [6.07, 6.45) is 0. The average Bonchev–Trinajstić information content (AvgIpc) is 3.13. The highest BCUT2D eigenvalue weighted by Gasteiger charge is 2.23. The molecule has 3 aromatic rings. The van der Waals surface area contributed by atoms with Crippen LogP contribution in [-0.4, -0.2) is 38.6 Å². The lowest BCUT2D eigenvalue weighted by Gasteiger charge is -2.33. The molecule has 6 heteroatoms. The molecule has 0 spiro atoms. The molecule has 0 unspecified atom stereocenters. The summed E-state index contributed by atoms with van der Waals surface area (Å²) < 4.78 is 5.85. The molecule has 1 aliphatic rings. The van der Waals surface area contributed by atoms with Gasteiger partial charge in [-0.25, -0.2) is 0 Å². The fourth-order valence-corrected chi connectivity index (χ4v) is 3.92. The molecule has 2 aromatic carbocycles. The minimum Gasteiger partial charge on any atom is -0.459 e. The van der Waals surface area contributed by atoms with E-state index in [1.165, 1.54) is 4.90 Å². The van der Waals surface area contributed by atoms with Crippen molar-refractivity contribution in [2.24, 2.45) is 0 Å². The van der Waals surface area contributed by atoms with Crippen LogP contribution in [0.25, 0.3) is 11.0 Å². The number of quaternary nitrogens is 1. The number of halogens is 1. The van der Waals surface area contributed by atoms with Crippen LogP contribution in [-0.2, 0) is 4.79 Å². The van der Waals surface area contributed by atoms with Crippen molar-refractivity contribution in [1.82, 2.24) is 5.32 Å². The Morgan fingerprint density at radius 1 is 1.18 bits per heavy atom. The number of furan rings is 1. The number of carbonyl (C=O) groups excluding carboxylic acids is 1. The highest BCUT2D eigenvalue weighted by molar-refractivity contribution is 6.30. The number of piperazine rings is 1. The molecule has 1 saturated heterocycles. The highest BCUT2D eigenvalue weighted by atomic mass is 35.5. The molecule has 0 bridgehead atoms. The summed E-state index contributed by atoms with van der Waals surface area (Å²) in [5.41, 5.74) is 2.00. The van der Waals surface area contributed by atoms with Gasteiger partial charge in [0, 0.05) is 16.1 Å². The Kier molecular flexibility index (Phi) is 5.55. The van der Waals surface area contributed by atoms with Gasteiger partial charge in [0.25, 0.3) is 5.91 Å². The maximum absolute atomic E-state index is 12.5. The normalized spacial score (nSPS) is 16.3. The van der Waals surface area contributed by atoms with Crippen molar-refractivity contribution in [1.29, 1.82) is 0 Å². The van der Waals surface area contributed by atoms with Crippen molar-refractivity contribution in [3.63, 3.8) is 0 Å². The van der Waals surface area contributed by atoms with E-state index in [0.29, 0.717) is 6.54 Å².